The van der Waals surface area contributed by atoms with Crippen molar-refractivity contribution in [1.82, 2.24) is 0 Å². The van der Waals surface area contributed by atoms with Gasteiger partial charge in [-0.1, -0.05) is 49.7 Å². The van der Waals surface area contributed by atoms with E-state index in [1.165, 1.54) is 0 Å². The fourth-order valence-corrected chi connectivity index (χ4v) is 3.59. The van der Waals surface area contributed by atoms with E-state index in [9.17, 15) is 9.59 Å². The molecule has 1 aliphatic heterocycles. The van der Waals surface area contributed by atoms with Gasteiger partial charge in [0.25, 0.3) is 0 Å². The first-order chi connectivity index (χ1) is 12.5. The Bertz CT molecular complexity index is 812. The smallest absolute Gasteiger partial charge is 0.229 e. The van der Waals surface area contributed by atoms with Gasteiger partial charge in [-0.3, -0.25) is 9.59 Å². The molecule has 5 heteroatoms. The van der Waals surface area contributed by atoms with Gasteiger partial charge in [-0.15, -0.1) is 0 Å². The molecule has 1 heterocycles. The van der Waals surface area contributed by atoms with Crippen LogP contribution in [0.2, 0.25) is 5.02 Å². The van der Waals surface area contributed by atoms with Crippen LogP contribution in [0.1, 0.15) is 31.4 Å². The highest BCUT2D eigenvalue weighted by atomic mass is 35.5. The summed E-state index contributed by atoms with van der Waals surface area (Å²) in [6.07, 6.45) is 1.91. The van der Waals surface area contributed by atoms with Gasteiger partial charge in [0, 0.05) is 29.4 Å². The second-order valence-electron chi connectivity index (χ2n) is 6.53. The summed E-state index contributed by atoms with van der Waals surface area (Å²) in [5, 5.41) is 3.66. The van der Waals surface area contributed by atoms with Gasteiger partial charge >= 0.3 is 0 Å². The van der Waals surface area contributed by atoms with Gasteiger partial charge in [-0.25, -0.2) is 0 Å². The lowest BCUT2D eigenvalue weighted by molar-refractivity contribution is -0.122. The largest absolute Gasteiger partial charge is 0.325 e. The molecule has 1 saturated heterocycles. The Morgan fingerprint density at radius 3 is 2.42 bits per heavy atom. The molecule has 1 aliphatic rings. The van der Waals surface area contributed by atoms with Crippen LogP contribution in [0.15, 0.2) is 42.5 Å². The molecule has 4 nitrogen and oxygen atoms in total. The number of hydrogen-bond acceptors (Lipinski definition) is 2. The standard InChI is InChI=1S/C21H23ClN2O2/c1-3-14-7-5-8-15(4-2)20(14)23-21(26)16-11-19(25)24(13-16)18-10-6-9-17(22)12-18/h5-10,12,16H,3-4,11,13H2,1-2H3,(H,23,26)/t16-/m0/s1. The maximum Gasteiger partial charge on any atom is 0.229 e. The Morgan fingerprint density at radius 2 is 1.81 bits per heavy atom. The molecule has 0 spiro atoms. The number of nitrogens with zero attached hydrogens (tertiary/aromatic N) is 1. The third-order valence-electron chi connectivity index (χ3n) is 4.86. The summed E-state index contributed by atoms with van der Waals surface area (Å²) < 4.78 is 0. The van der Waals surface area contributed by atoms with E-state index in [0.717, 1.165) is 35.3 Å². The average Bonchev–Trinajstić information content (AvgIpc) is 3.03. The number of hydrogen-bond donors (Lipinski definition) is 1. The average molecular weight is 371 g/mol. The maximum atomic E-state index is 12.8. The summed E-state index contributed by atoms with van der Waals surface area (Å²) >= 11 is 6.03. The van der Waals surface area contributed by atoms with E-state index >= 15 is 0 Å². The molecule has 0 aliphatic carbocycles. The first kappa shape index (κ1) is 18.5. The van der Waals surface area contributed by atoms with Crippen molar-refractivity contribution >= 4 is 34.8 Å². The van der Waals surface area contributed by atoms with Crippen LogP contribution in [-0.4, -0.2) is 18.4 Å². The summed E-state index contributed by atoms with van der Waals surface area (Å²) in [5.74, 6) is -0.513. The molecule has 0 saturated carbocycles. The number of carbonyl (C=O) groups excluding carboxylic acids is 2. The minimum atomic E-state index is -0.365. The Balaban J connectivity index is 1.77. The predicted octanol–water partition coefficient (Wildman–Crippen LogP) is 4.46. The van der Waals surface area contributed by atoms with Crippen molar-refractivity contribution in [3.8, 4) is 0 Å². The zero-order chi connectivity index (χ0) is 18.7. The summed E-state index contributed by atoms with van der Waals surface area (Å²) in [6.45, 7) is 4.52. The van der Waals surface area contributed by atoms with Crippen LogP contribution < -0.4 is 10.2 Å². The molecule has 0 aromatic heterocycles. The van der Waals surface area contributed by atoms with E-state index in [2.05, 4.69) is 19.2 Å². The van der Waals surface area contributed by atoms with Gasteiger partial charge < -0.3 is 10.2 Å². The highest BCUT2D eigenvalue weighted by Crippen LogP contribution is 2.29. The van der Waals surface area contributed by atoms with E-state index in [1.54, 1.807) is 17.0 Å². The first-order valence-corrected chi connectivity index (χ1v) is 9.38. The number of rotatable bonds is 5. The van der Waals surface area contributed by atoms with Crippen molar-refractivity contribution < 1.29 is 9.59 Å². The number of aryl methyl sites for hydroxylation is 2. The predicted molar refractivity (Wildman–Crippen MR) is 106 cm³/mol. The molecule has 136 valence electrons. The molecule has 2 amide bonds. The van der Waals surface area contributed by atoms with E-state index in [1.807, 2.05) is 30.3 Å². The number of benzene rings is 2. The highest BCUT2D eigenvalue weighted by molar-refractivity contribution is 6.31. The third-order valence-corrected chi connectivity index (χ3v) is 5.10. The normalized spacial score (nSPS) is 16.8. The van der Waals surface area contributed by atoms with Gasteiger partial charge in [0.1, 0.15) is 0 Å². The van der Waals surface area contributed by atoms with E-state index in [4.69, 9.17) is 11.6 Å². The van der Waals surface area contributed by atoms with Gasteiger partial charge in [-0.2, -0.15) is 0 Å². The lowest BCUT2D eigenvalue weighted by Gasteiger charge is -2.18. The molecule has 2 aromatic rings. The first-order valence-electron chi connectivity index (χ1n) is 9.01. The molecular weight excluding hydrogens is 348 g/mol. The Kier molecular flexibility index (Phi) is 5.62. The van der Waals surface area contributed by atoms with Crippen LogP contribution in [0.4, 0.5) is 11.4 Å². The van der Waals surface area contributed by atoms with Crippen LogP contribution in [0.3, 0.4) is 0 Å². The van der Waals surface area contributed by atoms with Crippen molar-refractivity contribution in [3.63, 3.8) is 0 Å². The molecule has 0 radical (unpaired) electrons. The zero-order valence-electron chi connectivity index (χ0n) is 15.1. The molecule has 0 unspecified atom stereocenters. The Labute approximate surface area is 159 Å². The van der Waals surface area contributed by atoms with Crippen molar-refractivity contribution in [2.24, 2.45) is 5.92 Å². The monoisotopic (exact) mass is 370 g/mol. The minimum absolute atomic E-state index is 0.0492. The fraction of sp³-hybridized carbons (Fsp3) is 0.333. The fourth-order valence-electron chi connectivity index (χ4n) is 3.41. The van der Waals surface area contributed by atoms with E-state index < -0.39 is 0 Å². The second kappa shape index (κ2) is 7.92. The van der Waals surface area contributed by atoms with Crippen LogP contribution in [0.5, 0.6) is 0 Å². The van der Waals surface area contributed by atoms with Crippen LogP contribution in [0.25, 0.3) is 0 Å². The third kappa shape index (κ3) is 3.75. The number of carbonyl (C=O) groups is 2. The molecule has 1 fully saturated rings. The summed E-state index contributed by atoms with van der Waals surface area (Å²) in [6, 6.07) is 13.3. The van der Waals surface area contributed by atoms with Crippen molar-refractivity contribution in [2.45, 2.75) is 33.1 Å². The number of anilines is 2. The lowest BCUT2D eigenvalue weighted by Crippen LogP contribution is -2.28. The zero-order valence-corrected chi connectivity index (χ0v) is 15.8. The van der Waals surface area contributed by atoms with Crippen molar-refractivity contribution in [3.05, 3.63) is 58.6 Å². The molecule has 0 bridgehead atoms. The quantitative estimate of drug-likeness (QED) is 0.844. The second-order valence-corrected chi connectivity index (χ2v) is 6.97. The molecular formula is C21H23ClN2O2. The maximum absolute atomic E-state index is 12.8. The highest BCUT2D eigenvalue weighted by Gasteiger charge is 2.35. The number of amides is 2. The van der Waals surface area contributed by atoms with E-state index in [0.29, 0.717) is 11.6 Å². The molecule has 1 N–H and O–H groups in total. The van der Waals surface area contributed by atoms with Gasteiger partial charge in [0.15, 0.2) is 0 Å². The number of halogens is 1. The van der Waals surface area contributed by atoms with Gasteiger partial charge in [0.2, 0.25) is 11.8 Å². The van der Waals surface area contributed by atoms with Crippen LogP contribution in [-0.2, 0) is 22.4 Å². The van der Waals surface area contributed by atoms with Crippen molar-refractivity contribution in [1.29, 1.82) is 0 Å². The Morgan fingerprint density at radius 1 is 1.15 bits per heavy atom. The Hall–Kier alpha value is -2.33. The topological polar surface area (TPSA) is 49.4 Å². The van der Waals surface area contributed by atoms with E-state index in [-0.39, 0.29) is 24.2 Å². The van der Waals surface area contributed by atoms with Crippen LogP contribution in [0, 0.1) is 5.92 Å². The molecule has 26 heavy (non-hydrogen) atoms. The molecule has 2 aromatic carbocycles. The SMILES string of the molecule is CCc1cccc(CC)c1NC(=O)[C@H]1CC(=O)N(c2cccc(Cl)c2)C1. The van der Waals surface area contributed by atoms with Crippen molar-refractivity contribution in [2.75, 3.05) is 16.8 Å². The number of nitrogens with one attached hydrogen (secondary N) is 1. The molecule has 1 atom stereocenters. The van der Waals surface area contributed by atoms with Crippen LogP contribution >= 0.6 is 11.6 Å². The summed E-state index contributed by atoms with van der Waals surface area (Å²) in [5.41, 5.74) is 3.87. The lowest BCUT2D eigenvalue weighted by atomic mass is 10.0. The van der Waals surface area contributed by atoms with Gasteiger partial charge in [-0.05, 0) is 42.2 Å². The number of para-hydroxylation sites is 1. The van der Waals surface area contributed by atoms with Gasteiger partial charge in [0.05, 0.1) is 5.92 Å². The summed E-state index contributed by atoms with van der Waals surface area (Å²) in [7, 11) is 0. The molecule has 3 rings (SSSR count). The minimum Gasteiger partial charge on any atom is -0.325 e. The summed E-state index contributed by atoms with van der Waals surface area (Å²) in [4.78, 5) is 26.9.